The number of benzene rings is 1. The van der Waals surface area contributed by atoms with Gasteiger partial charge in [-0.25, -0.2) is 0 Å². The van der Waals surface area contributed by atoms with Crippen LogP contribution in [0.5, 0.6) is 0 Å². The van der Waals surface area contributed by atoms with E-state index in [2.05, 4.69) is 37.3 Å². The molecule has 0 saturated carbocycles. The number of nitrogens with two attached hydrogens (primary N) is 1. The number of rotatable bonds is 3. The maximum absolute atomic E-state index is 6.31. The van der Waals surface area contributed by atoms with Crippen molar-refractivity contribution in [2.45, 2.75) is 38.6 Å². The van der Waals surface area contributed by atoms with Crippen LogP contribution in [0.1, 0.15) is 43.4 Å². The molecule has 1 unspecified atom stereocenters. The second kappa shape index (κ2) is 4.63. The molecule has 80 valence electrons. The highest BCUT2D eigenvalue weighted by Crippen LogP contribution is 2.30. The molecule has 0 aromatic heterocycles. The third-order valence-electron chi connectivity index (χ3n) is 3.25. The van der Waals surface area contributed by atoms with E-state index in [0.717, 1.165) is 6.42 Å². The van der Waals surface area contributed by atoms with E-state index in [9.17, 15) is 0 Å². The molecular formula is C14H19N. The van der Waals surface area contributed by atoms with E-state index in [1.54, 1.807) is 0 Å². The van der Waals surface area contributed by atoms with Crippen LogP contribution in [0, 0.1) is 0 Å². The van der Waals surface area contributed by atoms with E-state index in [4.69, 9.17) is 5.73 Å². The first kappa shape index (κ1) is 10.4. The molecule has 1 aliphatic rings. The quantitative estimate of drug-likeness (QED) is 0.746. The van der Waals surface area contributed by atoms with Crippen molar-refractivity contribution in [3.05, 3.63) is 47.0 Å². The first-order valence-corrected chi connectivity index (χ1v) is 5.85. The summed E-state index contributed by atoms with van der Waals surface area (Å²) in [4.78, 5) is 0. The molecule has 1 nitrogen and oxygen atoms in total. The Kier molecular flexibility index (Phi) is 3.22. The van der Waals surface area contributed by atoms with Gasteiger partial charge in [0.05, 0.1) is 6.04 Å². The third kappa shape index (κ3) is 2.13. The summed E-state index contributed by atoms with van der Waals surface area (Å²) in [6.45, 7) is 2.19. The molecule has 2 N–H and O–H groups in total. The van der Waals surface area contributed by atoms with E-state index >= 15 is 0 Å². The molecule has 0 radical (unpaired) electrons. The molecule has 1 aromatic carbocycles. The first-order chi connectivity index (χ1) is 7.33. The van der Waals surface area contributed by atoms with Gasteiger partial charge < -0.3 is 5.73 Å². The van der Waals surface area contributed by atoms with Crippen LogP contribution < -0.4 is 5.73 Å². The van der Waals surface area contributed by atoms with Crippen molar-refractivity contribution in [3.63, 3.8) is 0 Å². The molecule has 2 rings (SSSR count). The van der Waals surface area contributed by atoms with Crippen LogP contribution in [0.4, 0.5) is 0 Å². The van der Waals surface area contributed by atoms with Gasteiger partial charge in [-0.2, -0.15) is 0 Å². The Balaban J connectivity index is 2.27. The van der Waals surface area contributed by atoms with Crippen LogP contribution in [0.3, 0.4) is 0 Å². The molecule has 1 aliphatic carbocycles. The highest BCUT2D eigenvalue weighted by molar-refractivity contribution is 5.35. The normalized spacial score (nSPS) is 17.6. The molecule has 0 saturated heterocycles. The van der Waals surface area contributed by atoms with E-state index in [1.807, 2.05) is 0 Å². The summed E-state index contributed by atoms with van der Waals surface area (Å²) < 4.78 is 0. The van der Waals surface area contributed by atoms with E-state index < -0.39 is 0 Å². The Hall–Kier alpha value is -1.08. The van der Waals surface area contributed by atoms with Gasteiger partial charge in [-0.1, -0.05) is 42.8 Å². The van der Waals surface area contributed by atoms with Crippen molar-refractivity contribution in [1.29, 1.82) is 0 Å². The molecule has 1 aromatic rings. The van der Waals surface area contributed by atoms with Gasteiger partial charge in [0.1, 0.15) is 0 Å². The average Bonchev–Trinajstić information content (AvgIpc) is 2.81. The van der Waals surface area contributed by atoms with Crippen molar-refractivity contribution < 1.29 is 0 Å². The lowest BCUT2D eigenvalue weighted by molar-refractivity contribution is 0.775. The zero-order valence-corrected chi connectivity index (χ0v) is 9.37. The first-order valence-electron chi connectivity index (χ1n) is 5.85. The summed E-state index contributed by atoms with van der Waals surface area (Å²) in [5, 5.41) is 0. The monoisotopic (exact) mass is 201 g/mol. The topological polar surface area (TPSA) is 26.0 Å². The van der Waals surface area contributed by atoms with E-state index in [0.29, 0.717) is 0 Å². The average molecular weight is 201 g/mol. The zero-order chi connectivity index (χ0) is 10.7. The summed E-state index contributed by atoms with van der Waals surface area (Å²) in [6.07, 6.45) is 7.04. The lowest BCUT2D eigenvalue weighted by Gasteiger charge is -2.17. The zero-order valence-electron chi connectivity index (χ0n) is 9.37. The minimum atomic E-state index is 0.128. The lowest BCUT2D eigenvalue weighted by atomic mass is 9.93. The van der Waals surface area contributed by atoms with Crippen molar-refractivity contribution in [3.8, 4) is 0 Å². The molecule has 0 amide bonds. The van der Waals surface area contributed by atoms with Gasteiger partial charge in [0.15, 0.2) is 0 Å². The van der Waals surface area contributed by atoms with Gasteiger partial charge >= 0.3 is 0 Å². The molecule has 0 aliphatic heterocycles. The van der Waals surface area contributed by atoms with E-state index in [-0.39, 0.29) is 6.04 Å². The molecule has 15 heavy (non-hydrogen) atoms. The fourth-order valence-corrected chi connectivity index (χ4v) is 2.34. The number of allylic oxidation sites excluding steroid dienone is 1. The maximum atomic E-state index is 6.31. The summed E-state index contributed by atoms with van der Waals surface area (Å²) in [5.41, 5.74) is 10.4. The van der Waals surface area contributed by atoms with Gasteiger partial charge in [-0.15, -0.1) is 0 Å². The molecule has 0 fully saturated rings. The lowest BCUT2D eigenvalue weighted by Crippen LogP contribution is -2.14. The second-order valence-corrected chi connectivity index (χ2v) is 4.20. The summed E-state index contributed by atoms with van der Waals surface area (Å²) in [7, 11) is 0. The Morgan fingerprint density at radius 3 is 2.80 bits per heavy atom. The van der Waals surface area contributed by atoms with Crippen molar-refractivity contribution in [1.82, 2.24) is 0 Å². The minimum Gasteiger partial charge on any atom is -0.321 e. The standard InChI is InChI=1S/C14H19N/c1-2-11-7-5-6-10-13(11)14(15)12-8-3-4-9-12/h5-8,10,14H,2-4,9,15H2,1H3. The number of aryl methyl sites for hydroxylation is 1. The Labute approximate surface area is 92.0 Å². The molecule has 0 spiro atoms. The summed E-state index contributed by atoms with van der Waals surface area (Å²) >= 11 is 0. The van der Waals surface area contributed by atoms with Crippen LogP contribution in [0.15, 0.2) is 35.9 Å². The van der Waals surface area contributed by atoms with Crippen molar-refractivity contribution in [2.75, 3.05) is 0 Å². The van der Waals surface area contributed by atoms with Gasteiger partial charge in [-0.05, 0) is 36.8 Å². The molecule has 0 bridgehead atoms. The van der Waals surface area contributed by atoms with Crippen LogP contribution >= 0.6 is 0 Å². The maximum Gasteiger partial charge on any atom is 0.0513 e. The van der Waals surface area contributed by atoms with Gasteiger partial charge in [0.25, 0.3) is 0 Å². The number of hydrogen-bond acceptors (Lipinski definition) is 1. The van der Waals surface area contributed by atoms with Gasteiger partial charge in [0, 0.05) is 0 Å². The largest absolute Gasteiger partial charge is 0.321 e. The molecule has 1 heteroatoms. The predicted octanol–water partition coefficient (Wildman–Crippen LogP) is 3.36. The second-order valence-electron chi connectivity index (χ2n) is 4.20. The Morgan fingerprint density at radius 2 is 2.13 bits per heavy atom. The molecule has 1 atom stereocenters. The van der Waals surface area contributed by atoms with Crippen molar-refractivity contribution >= 4 is 0 Å². The fourth-order valence-electron chi connectivity index (χ4n) is 2.34. The Bertz CT molecular complexity index is 365. The van der Waals surface area contributed by atoms with Crippen molar-refractivity contribution in [2.24, 2.45) is 5.73 Å². The Morgan fingerprint density at radius 1 is 1.33 bits per heavy atom. The summed E-state index contributed by atoms with van der Waals surface area (Å²) in [6, 6.07) is 8.67. The molecule has 0 heterocycles. The van der Waals surface area contributed by atoms with Crippen LogP contribution in [-0.2, 0) is 6.42 Å². The molecular weight excluding hydrogens is 182 g/mol. The van der Waals surface area contributed by atoms with E-state index in [1.165, 1.54) is 36.0 Å². The smallest absolute Gasteiger partial charge is 0.0513 e. The van der Waals surface area contributed by atoms with Crippen LogP contribution in [0.2, 0.25) is 0 Å². The van der Waals surface area contributed by atoms with Crippen LogP contribution in [-0.4, -0.2) is 0 Å². The van der Waals surface area contributed by atoms with Gasteiger partial charge in [0.2, 0.25) is 0 Å². The fraction of sp³-hybridized carbons (Fsp3) is 0.429. The highest BCUT2D eigenvalue weighted by Gasteiger charge is 2.16. The SMILES string of the molecule is CCc1ccccc1C(N)C1=CCCC1. The van der Waals surface area contributed by atoms with Gasteiger partial charge in [-0.3, -0.25) is 0 Å². The predicted molar refractivity (Wildman–Crippen MR) is 64.7 cm³/mol. The number of hydrogen-bond donors (Lipinski definition) is 1. The summed E-state index contributed by atoms with van der Waals surface area (Å²) in [5.74, 6) is 0. The minimum absolute atomic E-state index is 0.128. The highest BCUT2D eigenvalue weighted by atomic mass is 14.6. The van der Waals surface area contributed by atoms with Crippen LogP contribution in [0.25, 0.3) is 0 Å². The third-order valence-corrected chi connectivity index (χ3v) is 3.25.